The number of hydrogen-bond acceptors (Lipinski definition) is 6. The molecule has 5 rings (SSSR count). The SMILES string of the molecule is CCC(C)(C)OC(=O)NC[C@@H]1CCN(C(=O)c2ccc(-n3cc(-c4cc5cc(F)ccc5[nH]c4=O)nn3)cc2)C1. The maximum Gasteiger partial charge on any atom is 0.407 e. The second-order valence-electron chi connectivity index (χ2n) is 10.6. The van der Waals surface area contributed by atoms with Crippen molar-refractivity contribution in [2.75, 3.05) is 19.6 Å². The average Bonchev–Trinajstić information content (AvgIpc) is 3.62. The minimum Gasteiger partial charge on any atom is -0.444 e. The normalized spacial score (nSPS) is 15.4. The number of aromatic amines is 1. The van der Waals surface area contributed by atoms with Crippen LogP contribution >= 0.6 is 0 Å². The number of ether oxygens (including phenoxy) is 1. The Hall–Kier alpha value is -4.54. The van der Waals surface area contributed by atoms with Gasteiger partial charge in [0.1, 0.15) is 17.1 Å². The van der Waals surface area contributed by atoms with Gasteiger partial charge in [-0.2, -0.15) is 0 Å². The second kappa shape index (κ2) is 10.9. The summed E-state index contributed by atoms with van der Waals surface area (Å²) in [5, 5.41) is 11.6. The Morgan fingerprint density at radius 3 is 2.70 bits per heavy atom. The first-order valence-electron chi connectivity index (χ1n) is 13.2. The van der Waals surface area contributed by atoms with Crippen molar-refractivity contribution in [3.8, 4) is 16.9 Å². The van der Waals surface area contributed by atoms with E-state index in [1.807, 2.05) is 20.8 Å². The third-order valence-electron chi connectivity index (χ3n) is 7.28. The average molecular weight is 547 g/mol. The number of alkyl carbamates (subject to hydrolysis) is 1. The minimum absolute atomic E-state index is 0.0852. The van der Waals surface area contributed by atoms with Gasteiger partial charge in [0.2, 0.25) is 0 Å². The van der Waals surface area contributed by atoms with E-state index < -0.39 is 17.5 Å². The number of hydrogen-bond donors (Lipinski definition) is 2. The van der Waals surface area contributed by atoms with E-state index in [4.69, 9.17) is 4.74 Å². The van der Waals surface area contributed by atoms with Crippen LogP contribution in [0.25, 0.3) is 27.8 Å². The highest BCUT2D eigenvalue weighted by Crippen LogP contribution is 2.22. The molecule has 0 bridgehead atoms. The van der Waals surface area contributed by atoms with E-state index in [0.717, 1.165) is 12.8 Å². The molecule has 0 saturated carbocycles. The van der Waals surface area contributed by atoms with Gasteiger partial charge in [0.25, 0.3) is 11.5 Å². The highest BCUT2D eigenvalue weighted by atomic mass is 19.1. The van der Waals surface area contributed by atoms with Crippen LogP contribution < -0.4 is 10.9 Å². The molecule has 1 atom stereocenters. The topological polar surface area (TPSA) is 122 Å². The lowest BCUT2D eigenvalue weighted by molar-refractivity contribution is 0.0357. The lowest BCUT2D eigenvalue weighted by Crippen LogP contribution is -2.37. The Kier molecular flexibility index (Phi) is 7.38. The Labute approximate surface area is 230 Å². The number of aromatic nitrogens is 4. The van der Waals surface area contributed by atoms with E-state index in [1.165, 1.54) is 22.9 Å². The van der Waals surface area contributed by atoms with Gasteiger partial charge < -0.3 is 19.9 Å². The molecule has 0 spiro atoms. The highest BCUT2D eigenvalue weighted by Gasteiger charge is 2.28. The van der Waals surface area contributed by atoms with Gasteiger partial charge >= 0.3 is 6.09 Å². The molecule has 0 radical (unpaired) electrons. The molecule has 1 aliphatic rings. The highest BCUT2D eigenvalue weighted by molar-refractivity contribution is 5.94. The van der Waals surface area contributed by atoms with E-state index in [2.05, 4.69) is 20.6 Å². The Bertz CT molecular complexity index is 1610. The number of rotatable bonds is 7. The van der Waals surface area contributed by atoms with Gasteiger partial charge in [0, 0.05) is 36.1 Å². The molecule has 2 aromatic carbocycles. The van der Waals surface area contributed by atoms with Crippen molar-refractivity contribution in [2.24, 2.45) is 5.92 Å². The fourth-order valence-electron chi connectivity index (χ4n) is 4.59. The molecule has 2 amide bonds. The molecular weight excluding hydrogens is 515 g/mol. The smallest absolute Gasteiger partial charge is 0.407 e. The van der Waals surface area contributed by atoms with Crippen LogP contribution in [0.2, 0.25) is 0 Å². The van der Waals surface area contributed by atoms with E-state index in [0.29, 0.717) is 47.5 Å². The zero-order chi connectivity index (χ0) is 28.4. The third kappa shape index (κ3) is 5.88. The number of carbonyl (C=O) groups is 2. The van der Waals surface area contributed by atoms with Crippen LogP contribution in [0.15, 0.2) is 59.5 Å². The summed E-state index contributed by atoms with van der Waals surface area (Å²) in [5.74, 6) is -0.331. The molecule has 40 heavy (non-hydrogen) atoms. The summed E-state index contributed by atoms with van der Waals surface area (Å²) in [6.07, 6.45) is 2.68. The molecule has 10 nitrogen and oxygen atoms in total. The van der Waals surface area contributed by atoms with Crippen molar-refractivity contribution >= 4 is 22.9 Å². The number of fused-ring (bicyclic) bond motifs is 1. The van der Waals surface area contributed by atoms with Crippen LogP contribution in [0.5, 0.6) is 0 Å². The molecule has 11 heteroatoms. The molecule has 0 aliphatic carbocycles. The van der Waals surface area contributed by atoms with Crippen LogP contribution in [-0.4, -0.2) is 62.1 Å². The largest absolute Gasteiger partial charge is 0.444 e. The maximum absolute atomic E-state index is 13.7. The standard InChI is InChI=1S/C29H31FN6O4/c1-4-29(2,3)40-28(39)31-15-18-11-12-35(16-18)27(38)19-5-8-22(9-6-19)36-17-25(33-34-36)23-14-20-13-21(30)7-10-24(20)32-26(23)37/h5-10,13-14,17-18H,4,11-12,15-16H2,1-3H3,(H,31,39)(H,32,37)/t18-/m0/s1. The lowest BCUT2D eigenvalue weighted by Gasteiger charge is -2.24. The molecule has 2 aromatic heterocycles. The van der Waals surface area contributed by atoms with E-state index in [9.17, 15) is 18.8 Å². The molecule has 0 unspecified atom stereocenters. The Balaban J connectivity index is 1.21. The van der Waals surface area contributed by atoms with Gasteiger partial charge in [-0.15, -0.1) is 5.10 Å². The van der Waals surface area contributed by atoms with Crippen LogP contribution in [0.4, 0.5) is 9.18 Å². The summed E-state index contributed by atoms with van der Waals surface area (Å²) < 4.78 is 20.6. The van der Waals surface area contributed by atoms with Crippen molar-refractivity contribution in [2.45, 2.75) is 39.2 Å². The van der Waals surface area contributed by atoms with Gasteiger partial charge in [0.15, 0.2) is 0 Å². The molecule has 208 valence electrons. The number of nitrogens with zero attached hydrogens (tertiary/aromatic N) is 4. The zero-order valence-corrected chi connectivity index (χ0v) is 22.6. The van der Waals surface area contributed by atoms with E-state index in [1.54, 1.807) is 41.4 Å². The first-order chi connectivity index (χ1) is 19.1. The number of likely N-dealkylation sites (tertiary alicyclic amines) is 1. The summed E-state index contributed by atoms with van der Waals surface area (Å²) in [6, 6.07) is 12.7. The van der Waals surface area contributed by atoms with Crippen molar-refractivity contribution < 1.29 is 18.7 Å². The fourth-order valence-corrected chi connectivity index (χ4v) is 4.59. The van der Waals surface area contributed by atoms with Crippen LogP contribution in [0, 0.1) is 11.7 Å². The van der Waals surface area contributed by atoms with Crippen LogP contribution in [0.1, 0.15) is 44.0 Å². The minimum atomic E-state index is -0.517. The quantitative estimate of drug-likeness (QED) is 0.357. The van der Waals surface area contributed by atoms with E-state index in [-0.39, 0.29) is 22.9 Å². The fraction of sp³-hybridized carbons (Fsp3) is 0.345. The van der Waals surface area contributed by atoms with E-state index >= 15 is 0 Å². The Morgan fingerprint density at radius 2 is 1.95 bits per heavy atom. The van der Waals surface area contributed by atoms with Gasteiger partial charge in [-0.1, -0.05) is 12.1 Å². The molecule has 3 heterocycles. The summed E-state index contributed by atoms with van der Waals surface area (Å²) in [6.45, 7) is 7.30. The van der Waals surface area contributed by atoms with Gasteiger partial charge in [-0.05, 0) is 81.1 Å². The Morgan fingerprint density at radius 1 is 1.18 bits per heavy atom. The van der Waals surface area contributed by atoms with Crippen LogP contribution in [0.3, 0.4) is 0 Å². The van der Waals surface area contributed by atoms with Crippen molar-refractivity contribution in [3.63, 3.8) is 0 Å². The first kappa shape index (κ1) is 27.0. The van der Waals surface area contributed by atoms with Gasteiger partial charge in [-0.3, -0.25) is 9.59 Å². The monoisotopic (exact) mass is 546 g/mol. The van der Waals surface area contributed by atoms with Crippen LogP contribution in [-0.2, 0) is 4.74 Å². The van der Waals surface area contributed by atoms with Gasteiger partial charge in [-0.25, -0.2) is 13.9 Å². The maximum atomic E-state index is 13.7. The number of pyridine rings is 1. The summed E-state index contributed by atoms with van der Waals surface area (Å²) in [5.41, 5.74) is 1.47. The predicted octanol–water partition coefficient (Wildman–Crippen LogP) is 4.29. The predicted molar refractivity (Wildman–Crippen MR) is 148 cm³/mol. The molecule has 1 aliphatic heterocycles. The molecule has 1 saturated heterocycles. The molecular formula is C29H31FN6O4. The summed E-state index contributed by atoms with van der Waals surface area (Å²) in [7, 11) is 0. The summed E-state index contributed by atoms with van der Waals surface area (Å²) >= 11 is 0. The first-order valence-corrected chi connectivity index (χ1v) is 13.2. The molecule has 4 aromatic rings. The lowest BCUT2D eigenvalue weighted by atomic mass is 10.1. The number of nitrogens with one attached hydrogen (secondary N) is 2. The number of amides is 2. The van der Waals surface area contributed by atoms with Crippen molar-refractivity contribution in [1.82, 2.24) is 30.2 Å². The molecule has 2 N–H and O–H groups in total. The zero-order valence-electron chi connectivity index (χ0n) is 22.6. The second-order valence-corrected chi connectivity index (χ2v) is 10.6. The van der Waals surface area contributed by atoms with Crippen molar-refractivity contribution in [1.29, 1.82) is 0 Å². The van der Waals surface area contributed by atoms with Crippen molar-refractivity contribution in [3.05, 3.63) is 76.5 Å². The number of carbonyl (C=O) groups excluding carboxylic acids is 2. The number of benzene rings is 2. The molecule has 1 fully saturated rings. The van der Waals surface area contributed by atoms with Gasteiger partial charge in [0.05, 0.1) is 17.4 Å². The number of H-pyrrole nitrogens is 1. The number of halogens is 1. The summed E-state index contributed by atoms with van der Waals surface area (Å²) in [4.78, 5) is 42.2. The third-order valence-corrected chi connectivity index (χ3v) is 7.28.